The molecule has 0 aromatic heterocycles. The van der Waals surface area contributed by atoms with Gasteiger partial charge in [-0.3, -0.25) is 0 Å². The van der Waals surface area contributed by atoms with Gasteiger partial charge in [0.1, 0.15) is 5.75 Å². The predicted molar refractivity (Wildman–Crippen MR) is 102 cm³/mol. The van der Waals surface area contributed by atoms with Gasteiger partial charge in [0.15, 0.2) is 5.76 Å². The van der Waals surface area contributed by atoms with Gasteiger partial charge in [0.25, 0.3) is 0 Å². The van der Waals surface area contributed by atoms with E-state index in [0.29, 0.717) is 34.7 Å². The van der Waals surface area contributed by atoms with Crippen LogP contribution in [0.5, 0.6) is 5.75 Å². The zero-order valence-corrected chi connectivity index (χ0v) is 15.3. The van der Waals surface area contributed by atoms with Crippen molar-refractivity contribution in [2.24, 2.45) is 4.99 Å². The Morgan fingerprint density at radius 2 is 1.92 bits per heavy atom. The van der Waals surface area contributed by atoms with Crippen LogP contribution in [0.1, 0.15) is 5.56 Å². The topological polar surface area (TPSA) is 66.3 Å². The number of hydrogen-bond donors (Lipinski definition) is 2. The van der Waals surface area contributed by atoms with Crippen LogP contribution in [0, 0.1) is 0 Å². The van der Waals surface area contributed by atoms with E-state index < -0.39 is 6.23 Å². The van der Waals surface area contributed by atoms with Gasteiger partial charge >= 0.3 is 0 Å². The molecular weight excluding hydrogens is 354 g/mol. The summed E-state index contributed by atoms with van der Waals surface area (Å²) in [6.45, 7) is 0.549. The molecule has 136 valence electrons. The molecule has 0 radical (unpaired) electrons. The number of methoxy groups -OCH3 is 2. The summed E-state index contributed by atoms with van der Waals surface area (Å²) in [4.78, 5) is 6.16. The summed E-state index contributed by atoms with van der Waals surface area (Å²) in [5, 5.41) is 13.9. The van der Waals surface area contributed by atoms with E-state index in [0.717, 1.165) is 5.56 Å². The van der Waals surface area contributed by atoms with Crippen molar-refractivity contribution in [3.05, 3.63) is 71.1 Å². The molecule has 1 aliphatic heterocycles. The lowest BCUT2D eigenvalue weighted by Gasteiger charge is -2.29. The molecule has 2 aromatic rings. The van der Waals surface area contributed by atoms with E-state index in [-0.39, 0.29) is 0 Å². The smallest absolute Gasteiger partial charge is 0.208 e. The van der Waals surface area contributed by atoms with Crippen LogP contribution >= 0.6 is 11.6 Å². The normalized spacial score (nSPS) is 16.6. The molecule has 1 heterocycles. The molecule has 0 bridgehead atoms. The highest BCUT2D eigenvalue weighted by Gasteiger charge is 2.23. The average Bonchev–Trinajstić information content (AvgIpc) is 2.66. The van der Waals surface area contributed by atoms with Gasteiger partial charge in [-0.1, -0.05) is 41.9 Å². The van der Waals surface area contributed by atoms with Crippen LogP contribution in [0.15, 0.2) is 65.5 Å². The molecule has 1 atom stereocenters. The molecule has 2 aromatic carbocycles. The Balaban J connectivity index is 1.89. The van der Waals surface area contributed by atoms with Crippen molar-refractivity contribution in [3.8, 4) is 5.75 Å². The molecule has 1 unspecified atom stereocenters. The number of hydrogen-bond acceptors (Lipinski definition) is 6. The molecule has 0 amide bonds. The number of anilines is 1. The number of nitrogens with zero attached hydrogens (tertiary/aromatic N) is 2. The number of aliphatic hydroxyl groups is 1. The summed E-state index contributed by atoms with van der Waals surface area (Å²) in [6, 6.07) is 15.2. The van der Waals surface area contributed by atoms with E-state index in [1.54, 1.807) is 31.5 Å². The Kier molecular flexibility index (Phi) is 5.65. The summed E-state index contributed by atoms with van der Waals surface area (Å²) in [5.74, 6) is 1.48. The van der Waals surface area contributed by atoms with Crippen molar-refractivity contribution in [1.82, 2.24) is 4.90 Å². The van der Waals surface area contributed by atoms with Gasteiger partial charge in [-0.2, -0.15) is 0 Å². The fourth-order valence-electron chi connectivity index (χ4n) is 2.55. The van der Waals surface area contributed by atoms with Crippen LogP contribution in [0.4, 0.5) is 5.69 Å². The van der Waals surface area contributed by atoms with E-state index in [9.17, 15) is 5.11 Å². The minimum Gasteiger partial charge on any atom is -0.497 e. The maximum absolute atomic E-state index is 10.2. The molecule has 0 saturated carbocycles. The van der Waals surface area contributed by atoms with Gasteiger partial charge < -0.3 is 24.8 Å². The second-order valence-electron chi connectivity index (χ2n) is 5.65. The Morgan fingerprint density at radius 1 is 1.15 bits per heavy atom. The van der Waals surface area contributed by atoms with E-state index in [1.807, 2.05) is 35.2 Å². The van der Waals surface area contributed by atoms with Gasteiger partial charge in [-0.25, -0.2) is 4.99 Å². The summed E-state index contributed by atoms with van der Waals surface area (Å²) >= 11 is 6.28. The van der Waals surface area contributed by atoms with Crippen LogP contribution in [0.2, 0.25) is 5.02 Å². The van der Waals surface area contributed by atoms with Crippen LogP contribution in [-0.4, -0.2) is 36.4 Å². The van der Waals surface area contributed by atoms with E-state index in [1.165, 1.54) is 7.11 Å². The number of nitrogens with one attached hydrogen (secondary N) is 1. The number of aliphatic hydroxyl groups excluding tert-OH is 1. The molecule has 6 nitrogen and oxygen atoms in total. The Morgan fingerprint density at radius 3 is 2.62 bits per heavy atom. The monoisotopic (exact) mass is 373 g/mol. The van der Waals surface area contributed by atoms with Gasteiger partial charge in [-0.05, 0) is 17.7 Å². The van der Waals surface area contributed by atoms with Crippen molar-refractivity contribution in [3.63, 3.8) is 0 Å². The maximum Gasteiger partial charge on any atom is 0.208 e. The molecule has 0 saturated heterocycles. The number of ether oxygens (including phenoxy) is 2. The molecule has 0 spiro atoms. The lowest BCUT2D eigenvalue weighted by molar-refractivity contribution is 0.124. The van der Waals surface area contributed by atoms with Crippen LogP contribution in [0.3, 0.4) is 0 Å². The Hall–Kier alpha value is -2.70. The highest BCUT2D eigenvalue weighted by molar-refractivity contribution is 6.33. The summed E-state index contributed by atoms with van der Waals surface area (Å²) in [6.07, 6.45) is 0.639. The number of benzene rings is 2. The van der Waals surface area contributed by atoms with E-state index in [2.05, 4.69) is 10.3 Å². The minimum absolute atomic E-state index is 0.364. The fourth-order valence-corrected chi connectivity index (χ4v) is 2.71. The number of guanidine groups is 1. The molecule has 26 heavy (non-hydrogen) atoms. The third kappa shape index (κ3) is 4.09. The van der Waals surface area contributed by atoms with Gasteiger partial charge in [0, 0.05) is 12.3 Å². The zero-order chi connectivity index (χ0) is 18.5. The molecule has 0 aliphatic carbocycles. The molecule has 7 heteroatoms. The number of rotatable bonds is 5. The summed E-state index contributed by atoms with van der Waals surface area (Å²) < 4.78 is 10.5. The second kappa shape index (κ2) is 8.12. The van der Waals surface area contributed by atoms with Gasteiger partial charge in [-0.15, -0.1) is 0 Å². The molecule has 2 N–H and O–H groups in total. The standard InChI is InChI=1S/C19H20ClN3O3/c1-25-14-8-9-15(20)16(10-14)21-19-22-18(24)17(26-2)12-23(19)11-13-6-4-3-5-7-13/h3-10,12,18,24H,11H2,1-2H3,(H,21,22). The average molecular weight is 374 g/mol. The van der Waals surface area contributed by atoms with E-state index in [4.69, 9.17) is 21.1 Å². The lowest BCUT2D eigenvalue weighted by atomic mass is 10.2. The SMILES string of the molecule is COC1=CN(Cc2ccccc2)C(Nc2cc(OC)ccc2Cl)=NC1O. The quantitative estimate of drug-likeness (QED) is 0.840. The third-order valence-electron chi connectivity index (χ3n) is 3.91. The minimum atomic E-state index is -1.08. The van der Waals surface area contributed by atoms with Crippen LogP contribution < -0.4 is 10.1 Å². The third-order valence-corrected chi connectivity index (χ3v) is 4.24. The van der Waals surface area contributed by atoms with Crippen molar-refractivity contribution >= 4 is 23.2 Å². The van der Waals surface area contributed by atoms with Crippen LogP contribution in [-0.2, 0) is 11.3 Å². The van der Waals surface area contributed by atoms with Crippen LogP contribution in [0.25, 0.3) is 0 Å². The molecule has 1 aliphatic rings. The van der Waals surface area contributed by atoms with Crippen molar-refractivity contribution < 1.29 is 14.6 Å². The predicted octanol–water partition coefficient (Wildman–Crippen LogP) is 3.44. The number of halogens is 1. The first-order valence-electron chi connectivity index (χ1n) is 8.03. The summed E-state index contributed by atoms with van der Waals surface area (Å²) in [7, 11) is 3.09. The van der Waals surface area contributed by atoms with Crippen molar-refractivity contribution in [1.29, 1.82) is 0 Å². The second-order valence-corrected chi connectivity index (χ2v) is 6.05. The first kappa shape index (κ1) is 18.1. The van der Waals surface area contributed by atoms with E-state index >= 15 is 0 Å². The highest BCUT2D eigenvalue weighted by atomic mass is 35.5. The molecule has 0 fully saturated rings. The fraction of sp³-hybridized carbons (Fsp3) is 0.211. The maximum atomic E-state index is 10.2. The van der Waals surface area contributed by atoms with Crippen molar-refractivity contribution in [2.75, 3.05) is 19.5 Å². The number of aliphatic imine (C=N–C) groups is 1. The van der Waals surface area contributed by atoms with Crippen molar-refractivity contribution in [2.45, 2.75) is 12.8 Å². The molecule has 3 rings (SSSR count). The van der Waals surface area contributed by atoms with Gasteiger partial charge in [0.2, 0.25) is 12.2 Å². The Labute approximate surface area is 157 Å². The largest absolute Gasteiger partial charge is 0.497 e. The Bertz CT molecular complexity index is 824. The lowest BCUT2D eigenvalue weighted by Crippen LogP contribution is -2.37. The summed E-state index contributed by atoms with van der Waals surface area (Å²) in [5.41, 5.74) is 1.71. The van der Waals surface area contributed by atoms with Gasteiger partial charge in [0.05, 0.1) is 31.5 Å². The highest BCUT2D eigenvalue weighted by Crippen LogP contribution is 2.28. The molecular formula is C19H20ClN3O3. The first-order chi connectivity index (χ1) is 12.6. The zero-order valence-electron chi connectivity index (χ0n) is 14.5. The first-order valence-corrected chi connectivity index (χ1v) is 8.41.